The molecule has 0 spiro atoms. The Balaban J connectivity index is 1.45. The average Bonchev–Trinajstić information content (AvgIpc) is 3.03. The molecule has 158 valence electrons. The molecule has 6 nitrogen and oxygen atoms in total. The van der Waals surface area contributed by atoms with Crippen LogP contribution in [0, 0.1) is 0 Å². The van der Waals surface area contributed by atoms with E-state index in [9.17, 15) is 0 Å². The second kappa shape index (κ2) is 7.84. The van der Waals surface area contributed by atoms with Gasteiger partial charge < -0.3 is 19.7 Å². The maximum atomic E-state index is 6.30. The highest BCUT2D eigenvalue weighted by atomic mass is 35.5. The van der Waals surface area contributed by atoms with E-state index in [2.05, 4.69) is 70.2 Å². The van der Waals surface area contributed by atoms with Gasteiger partial charge in [0.15, 0.2) is 0 Å². The first-order valence-electron chi connectivity index (χ1n) is 10.3. The lowest BCUT2D eigenvalue weighted by atomic mass is 9.87. The Hall–Kier alpha value is -2.73. The Bertz CT molecular complexity index is 1070. The second-order valence-electron chi connectivity index (χ2n) is 8.80. The number of halogens is 1. The molecular formula is C23H29ClN6. The van der Waals surface area contributed by atoms with Gasteiger partial charge in [0, 0.05) is 39.4 Å². The maximum Gasteiger partial charge on any atom is 0.209 e. The molecule has 3 aromatic rings. The zero-order valence-electron chi connectivity index (χ0n) is 18.1. The zero-order valence-corrected chi connectivity index (χ0v) is 18.9. The Morgan fingerprint density at radius 1 is 1.13 bits per heavy atom. The van der Waals surface area contributed by atoms with Crippen LogP contribution in [-0.4, -0.2) is 45.6 Å². The number of anilines is 2. The minimum Gasteiger partial charge on any atom is -0.355 e. The topological polar surface area (TPSA) is 49.2 Å². The highest BCUT2D eigenvalue weighted by Crippen LogP contribution is 2.28. The number of hydrogen-bond acceptors (Lipinski definition) is 5. The van der Waals surface area contributed by atoms with Crippen LogP contribution in [0.4, 0.5) is 11.8 Å². The van der Waals surface area contributed by atoms with Crippen molar-refractivity contribution in [3.8, 4) is 0 Å². The molecule has 30 heavy (non-hydrogen) atoms. The Morgan fingerprint density at radius 2 is 1.87 bits per heavy atom. The van der Waals surface area contributed by atoms with E-state index in [4.69, 9.17) is 16.6 Å². The van der Waals surface area contributed by atoms with Crippen LogP contribution in [0.1, 0.15) is 26.3 Å². The summed E-state index contributed by atoms with van der Waals surface area (Å²) in [5.41, 5.74) is 3.50. The van der Waals surface area contributed by atoms with Crippen molar-refractivity contribution in [1.29, 1.82) is 0 Å². The number of pyridine rings is 1. The first-order chi connectivity index (χ1) is 14.2. The summed E-state index contributed by atoms with van der Waals surface area (Å²) >= 11 is 6.30. The molecular weight excluding hydrogens is 396 g/mol. The fourth-order valence-electron chi connectivity index (χ4n) is 3.77. The monoisotopic (exact) mass is 424 g/mol. The van der Waals surface area contributed by atoms with Gasteiger partial charge in [-0.3, -0.25) is 0 Å². The van der Waals surface area contributed by atoms with Gasteiger partial charge in [0.25, 0.3) is 0 Å². The summed E-state index contributed by atoms with van der Waals surface area (Å²) in [5.74, 6) is 2.51. The van der Waals surface area contributed by atoms with Gasteiger partial charge in [-0.05, 0) is 35.2 Å². The summed E-state index contributed by atoms with van der Waals surface area (Å²) in [6.45, 7) is 14.3. The van der Waals surface area contributed by atoms with Gasteiger partial charge in [0.2, 0.25) is 5.95 Å². The Morgan fingerprint density at radius 3 is 2.53 bits per heavy atom. The van der Waals surface area contributed by atoms with Crippen LogP contribution in [0.5, 0.6) is 0 Å². The molecule has 1 fully saturated rings. The van der Waals surface area contributed by atoms with E-state index < -0.39 is 0 Å². The van der Waals surface area contributed by atoms with Crippen LogP contribution in [0.3, 0.4) is 0 Å². The summed E-state index contributed by atoms with van der Waals surface area (Å²) in [7, 11) is 2.04. The van der Waals surface area contributed by atoms with E-state index >= 15 is 0 Å². The lowest BCUT2D eigenvalue weighted by molar-refractivity contribution is 0.324. The molecule has 0 unspecified atom stereocenters. The fourth-order valence-corrected chi connectivity index (χ4v) is 4.02. The molecule has 4 rings (SSSR count). The van der Waals surface area contributed by atoms with Crippen molar-refractivity contribution in [3.63, 3.8) is 0 Å². The number of benzene rings is 1. The predicted molar refractivity (Wildman–Crippen MR) is 125 cm³/mol. The van der Waals surface area contributed by atoms with Crippen molar-refractivity contribution in [2.24, 2.45) is 7.05 Å². The summed E-state index contributed by atoms with van der Waals surface area (Å²) in [4.78, 5) is 13.7. The van der Waals surface area contributed by atoms with Crippen molar-refractivity contribution < 1.29 is 0 Å². The van der Waals surface area contributed by atoms with Gasteiger partial charge in [-0.2, -0.15) is 0 Å². The summed E-state index contributed by atoms with van der Waals surface area (Å²) in [6, 6.07) is 10.2. The van der Waals surface area contributed by atoms with Crippen molar-refractivity contribution in [2.45, 2.75) is 26.2 Å². The van der Waals surface area contributed by atoms with Gasteiger partial charge in [0.1, 0.15) is 11.6 Å². The summed E-state index contributed by atoms with van der Waals surface area (Å²) in [5, 5.41) is 4.11. The molecule has 1 aromatic carbocycles. The number of hydrogen-bond donors (Lipinski definition) is 1. The lowest BCUT2D eigenvalue weighted by Gasteiger charge is -2.37. The van der Waals surface area contributed by atoms with Gasteiger partial charge in [0.05, 0.1) is 16.1 Å². The first-order valence-corrected chi connectivity index (χ1v) is 10.6. The molecule has 7 heteroatoms. The molecule has 0 saturated carbocycles. The minimum atomic E-state index is 0.103. The smallest absolute Gasteiger partial charge is 0.209 e. The van der Waals surface area contributed by atoms with Gasteiger partial charge >= 0.3 is 0 Å². The third kappa shape index (κ3) is 3.97. The maximum absolute atomic E-state index is 6.30. The van der Waals surface area contributed by atoms with Crippen molar-refractivity contribution >= 4 is 34.4 Å². The lowest BCUT2D eigenvalue weighted by Crippen LogP contribution is -2.47. The second-order valence-corrected chi connectivity index (χ2v) is 9.21. The largest absolute Gasteiger partial charge is 0.355 e. The Labute approximate surface area is 183 Å². The first kappa shape index (κ1) is 20.5. The molecule has 2 aromatic heterocycles. The molecule has 1 saturated heterocycles. The number of piperazine rings is 1. The summed E-state index contributed by atoms with van der Waals surface area (Å²) < 4.78 is 2.10. The van der Waals surface area contributed by atoms with Crippen LogP contribution >= 0.6 is 11.6 Å². The highest BCUT2D eigenvalue weighted by Gasteiger charge is 2.22. The molecule has 0 aliphatic carbocycles. The van der Waals surface area contributed by atoms with Crippen LogP contribution in [-0.2, 0) is 12.5 Å². The minimum absolute atomic E-state index is 0.103. The number of aryl methyl sites for hydroxylation is 1. The van der Waals surface area contributed by atoms with Crippen LogP contribution in [0.25, 0.3) is 11.0 Å². The van der Waals surface area contributed by atoms with E-state index in [1.165, 1.54) is 5.56 Å². The number of rotatable bonds is 4. The Kier molecular flexibility index (Phi) is 5.36. The van der Waals surface area contributed by atoms with E-state index in [0.717, 1.165) is 54.8 Å². The van der Waals surface area contributed by atoms with E-state index in [-0.39, 0.29) is 5.41 Å². The molecule has 1 aliphatic heterocycles. The van der Waals surface area contributed by atoms with Crippen LogP contribution in [0.2, 0.25) is 5.02 Å². The van der Waals surface area contributed by atoms with Gasteiger partial charge in [-0.1, -0.05) is 45.0 Å². The van der Waals surface area contributed by atoms with Crippen molar-refractivity contribution in [3.05, 3.63) is 59.5 Å². The van der Waals surface area contributed by atoms with Gasteiger partial charge in [-0.15, -0.1) is 0 Å². The molecule has 1 N–H and O–H groups in total. The van der Waals surface area contributed by atoms with E-state index in [1.807, 2.05) is 19.2 Å². The predicted octanol–water partition coefficient (Wildman–Crippen LogP) is 4.62. The van der Waals surface area contributed by atoms with Crippen LogP contribution < -0.4 is 10.2 Å². The number of fused-ring (bicyclic) bond motifs is 1. The molecule has 3 heterocycles. The number of imidazole rings is 1. The zero-order chi connectivity index (χ0) is 21.5. The number of nitrogens with one attached hydrogen (secondary N) is 1. The third-order valence-corrected chi connectivity index (χ3v) is 6.00. The number of nitrogens with zero attached hydrogens (tertiary/aromatic N) is 5. The third-order valence-electron chi connectivity index (χ3n) is 5.70. The quantitative estimate of drug-likeness (QED) is 0.662. The normalized spacial score (nSPS) is 15.0. The summed E-state index contributed by atoms with van der Waals surface area (Å²) in [6.07, 6.45) is 1.78. The molecule has 0 amide bonds. The SMILES string of the molecule is C=C(Nc1nc2ccc(C(C)(C)C)cc2n1C)N1CCN(c2ncccc2Cl)CC1. The fraction of sp³-hybridized carbons (Fsp3) is 0.391. The molecule has 0 atom stereocenters. The standard InChI is InChI=1S/C23H29ClN6/c1-16(29-11-13-30(14-12-29)21-18(24)7-6-10-25-21)26-22-27-19-9-8-17(23(2,3)4)15-20(19)28(22)5/h6-10,15H,1,11-14H2,2-5H3,(H,26,27). The van der Waals surface area contributed by atoms with Crippen LogP contribution in [0.15, 0.2) is 48.9 Å². The number of aromatic nitrogens is 3. The average molecular weight is 425 g/mol. The molecule has 0 radical (unpaired) electrons. The van der Waals surface area contributed by atoms with Crippen molar-refractivity contribution in [1.82, 2.24) is 19.4 Å². The molecule has 1 aliphatic rings. The van der Waals surface area contributed by atoms with Crippen molar-refractivity contribution in [2.75, 3.05) is 36.4 Å². The van der Waals surface area contributed by atoms with Gasteiger partial charge in [-0.25, -0.2) is 9.97 Å². The molecule has 0 bridgehead atoms. The van der Waals surface area contributed by atoms with E-state index in [1.54, 1.807) is 6.20 Å². The van der Waals surface area contributed by atoms with E-state index in [0.29, 0.717) is 5.02 Å². The highest BCUT2D eigenvalue weighted by molar-refractivity contribution is 6.32.